The molecule has 0 saturated carbocycles. The smallest absolute Gasteiger partial charge is 0.220 e. The first kappa shape index (κ1) is 99.9. The summed E-state index contributed by atoms with van der Waals surface area (Å²) in [6, 6.07) is 0.258. The molecule has 0 saturated heterocycles. The molecule has 0 aromatic heterocycles. The van der Waals surface area contributed by atoms with Crippen LogP contribution in [0.1, 0.15) is 330 Å². The van der Waals surface area contributed by atoms with E-state index >= 15 is 0 Å². The number of unbranched alkanes of at least 4 members (excludes halogenated alkanes) is 6. The summed E-state index contributed by atoms with van der Waals surface area (Å²) in [6.45, 7) is 67.1. The monoisotopic (exact) mass is 1320 g/mol. The fraction of sp³-hybridized carbons (Fsp3) is 0.780. The lowest BCUT2D eigenvalue weighted by Gasteiger charge is -2.20. The second kappa shape index (κ2) is 56.0. The summed E-state index contributed by atoms with van der Waals surface area (Å²) in [5.41, 5.74) is 0.392. The highest BCUT2D eigenvalue weighted by molar-refractivity contribution is 5.78. The van der Waals surface area contributed by atoms with Gasteiger partial charge in [-0.2, -0.15) is 0 Å². The van der Waals surface area contributed by atoms with Gasteiger partial charge in [-0.15, -0.1) is 11.8 Å². The predicted molar refractivity (Wildman–Crippen MR) is 410 cm³/mol. The zero-order valence-electron chi connectivity index (χ0n) is 67.3. The van der Waals surface area contributed by atoms with Crippen molar-refractivity contribution in [2.45, 2.75) is 347 Å². The number of allylic oxidation sites excluding steroid dienone is 8. The lowest BCUT2D eigenvalue weighted by Crippen LogP contribution is -2.40. The van der Waals surface area contributed by atoms with Gasteiger partial charge in [0.15, 0.2) is 0 Å². The van der Waals surface area contributed by atoms with Crippen molar-refractivity contribution in [2.75, 3.05) is 19.6 Å². The summed E-state index contributed by atoms with van der Waals surface area (Å²) in [6.07, 6.45) is 32.1. The van der Waals surface area contributed by atoms with Crippen LogP contribution < -0.4 is 31.9 Å². The molecule has 12 heteroatoms. The van der Waals surface area contributed by atoms with E-state index in [0.717, 1.165) is 96.7 Å². The summed E-state index contributed by atoms with van der Waals surface area (Å²) in [5, 5.41) is 17.6. The SMILES string of the molecule is CC(C)(C)C#CCCCC(=O)NC(C)(C)C.CC(C)(C)C#CCCCC(=O)NCC(C)(C)C.CC(C)/C=C/CCCC(=O)NC(C)C.CC(C)/C=C/CCCC(=O)NCC(C)(C)C.CC(C)/C=C\CCCC(=O)NC(C)(C)C.CC(C)/C=C\CCCC(=O)NCC(C)(C)C. The number of amides is 6. The van der Waals surface area contributed by atoms with E-state index in [2.05, 4.69) is 263 Å². The van der Waals surface area contributed by atoms with Crippen LogP contribution in [0.25, 0.3) is 0 Å². The van der Waals surface area contributed by atoms with E-state index in [0.29, 0.717) is 62.2 Å². The zero-order chi connectivity index (χ0) is 74.4. The van der Waals surface area contributed by atoms with E-state index in [-0.39, 0.29) is 79.6 Å². The Morgan fingerprint density at radius 1 is 0.319 bits per heavy atom. The number of hydrogen-bond donors (Lipinski definition) is 6. The maximum atomic E-state index is 11.5. The Bertz CT molecular complexity index is 2180. The first-order valence-corrected chi connectivity index (χ1v) is 36.0. The van der Waals surface area contributed by atoms with E-state index in [1.54, 1.807) is 0 Å². The molecule has 0 atom stereocenters. The van der Waals surface area contributed by atoms with Gasteiger partial charge in [-0.3, -0.25) is 28.8 Å². The molecule has 6 amide bonds. The molecule has 0 spiro atoms. The van der Waals surface area contributed by atoms with Gasteiger partial charge in [0.1, 0.15) is 0 Å². The van der Waals surface area contributed by atoms with Gasteiger partial charge in [0, 0.05) is 99.0 Å². The Morgan fingerprint density at radius 3 is 0.755 bits per heavy atom. The first-order valence-electron chi connectivity index (χ1n) is 36.0. The quantitative estimate of drug-likeness (QED) is 0.0237. The maximum absolute atomic E-state index is 11.5. The Hall–Kier alpha value is -5.10. The highest BCUT2D eigenvalue weighted by Gasteiger charge is 2.16. The van der Waals surface area contributed by atoms with Gasteiger partial charge in [-0.1, -0.05) is 178 Å². The summed E-state index contributed by atoms with van der Waals surface area (Å²) < 4.78 is 0. The predicted octanol–water partition coefficient (Wildman–Crippen LogP) is 19.7. The van der Waals surface area contributed by atoms with E-state index in [1.165, 1.54) is 0 Å². The molecule has 0 radical (unpaired) electrons. The van der Waals surface area contributed by atoms with Crippen molar-refractivity contribution in [1.29, 1.82) is 0 Å². The second-order valence-electron chi connectivity index (χ2n) is 34.4. The van der Waals surface area contributed by atoms with Crippen molar-refractivity contribution in [1.82, 2.24) is 31.9 Å². The third-order valence-electron chi connectivity index (χ3n) is 11.4. The Labute approximate surface area is 583 Å². The van der Waals surface area contributed by atoms with Gasteiger partial charge >= 0.3 is 0 Å². The summed E-state index contributed by atoms with van der Waals surface area (Å²) in [5.74, 6) is 15.9. The molecule has 0 aliphatic heterocycles. The van der Waals surface area contributed by atoms with Crippen molar-refractivity contribution < 1.29 is 28.8 Å². The van der Waals surface area contributed by atoms with Crippen LogP contribution in [0.2, 0.25) is 0 Å². The highest BCUT2D eigenvalue weighted by Crippen LogP contribution is 2.15. The maximum Gasteiger partial charge on any atom is 0.220 e. The lowest BCUT2D eigenvalue weighted by molar-refractivity contribution is -0.123. The molecule has 0 aromatic rings. The van der Waals surface area contributed by atoms with Crippen LogP contribution in [0.4, 0.5) is 0 Å². The molecule has 0 rings (SSSR count). The molecular formula is C82H154N6O6. The minimum atomic E-state index is -0.131. The molecule has 0 fully saturated rings. The van der Waals surface area contributed by atoms with Crippen LogP contribution in [-0.4, -0.2) is 72.2 Å². The Kier molecular flexibility index (Phi) is 59.5. The fourth-order valence-corrected chi connectivity index (χ4v) is 7.04. The topological polar surface area (TPSA) is 175 Å². The molecule has 0 aromatic carbocycles. The average Bonchev–Trinajstić information content (AvgIpc) is 1.77. The zero-order valence-corrected chi connectivity index (χ0v) is 67.3. The standard InChI is InChI=1S/C15H27NO.C14H25NO.2C14H27NO.C13H25NO.C12H23NO/c1-14(2,3)11-9-7-8-10-13(17)16-12-15(4,5)6;1-13(2,3)11-9-7-8-10-12(16)15-14(4,5)6;2*1-12(2)9-7-6-8-10-13(16)15-11-14(3,4)5;1-11(2)9-7-6-8-10-12(15)14-13(3,4)5;1-10(2)8-6-5-7-9-12(14)13-11(3)4/h7-8,10,12H2,1-6H3,(H,16,17);7-8,10H2,1-6H3,(H,15,16);2*7,9,12H,6,8,10-11H2,1-5H3,(H,15,16);7,9,11H,6,8,10H2,1-5H3,(H,14,15);6,8,10-11H,5,7,9H2,1-4H3,(H,13,14)/b;;9-7+;2*9-7-;8-6+. The third-order valence-corrected chi connectivity index (χ3v) is 11.4. The summed E-state index contributed by atoms with van der Waals surface area (Å²) in [7, 11) is 0. The van der Waals surface area contributed by atoms with Crippen LogP contribution in [-0.2, 0) is 28.8 Å². The van der Waals surface area contributed by atoms with Crippen molar-refractivity contribution in [2.24, 2.45) is 50.7 Å². The Morgan fingerprint density at radius 2 is 0.543 bits per heavy atom. The van der Waals surface area contributed by atoms with E-state index < -0.39 is 0 Å². The molecule has 12 nitrogen and oxygen atoms in total. The number of hydrogen-bond acceptors (Lipinski definition) is 6. The van der Waals surface area contributed by atoms with Gasteiger partial charge < -0.3 is 31.9 Å². The largest absolute Gasteiger partial charge is 0.356 e. The second-order valence-corrected chi connectivity index (χ2v) is 34.4. The summed E-state index contributed by atoms with van der Waals surface area (Å²) >= 11 is 0. The third kappa shape index (κ3) is 108. The highest BCUT2D eigenvalue weighted by atomic mass is 16.2. The first-order chi connectivity index (χ1) is 42.7. The molecule has 548 valence electrons. The number of rotatable bonds is 30. The van der Waals surface area contributed by atoms with Gasteiger partial charge in [0.25, 0.3) is 0 Å². The fourth-order valence-electron chi connectivity index (χ4n) is 7.04. The van der Waals surface area contributed by atoms with Gasteiger partial charge in [0.2, 0.25) is 35.4 Å². The number of carbonyl (C=O) groups excluding carboxylic acids is 6. The average molecular weight is 1320 g/mol. The van der Waals surface area contributed by atoms with Gasteiger partial charge in [-0.25, -0.2) is 0 Å². The number of nitrogens with one attached hydrogen (secondary N) is 6. The normalized spacial score (nSPS) is 12.0. The molecule has 0 bridgehead atoms. The lowest BCUT2D eigenvalue weighted by atomic mass is 9.97. The van der Waals surface area contributed by atoms with Crippen LogP contribution in [0.3, 0.4) is 0 Å². The summed E-state index contributed by atoms with van der Waals surface area (Å²) in [4.78, 5) is 68.5. The molecule has 0 aliphatic rings. The minimum Gasteiger partial charge on any atom is -0.356 e. The molecule has 0 aliphatic carbocycles. The van der Waals surface area contributed by atoms with Crippen LogP contribution in [0.15, 0.2) is 48.6 Å². The molecule has 0 unspecified atom stereocenters. The van der Waals surface area contributed by atoms with E-state index in [4.69, 9.17) is 0 Å². The molecule has 6 N–H and O–H groups in total. The van der Waals surface area contributed by atoms with Crippen molar-refractivity contribution >= 4 is 35.4 Å². The van der Waals surface area contributed by atoms with Crippen LogP contribution >= 0.6 is 0 Å². The Balaban J connectivity index is -0.000000247. The van der Waals surface area contributed by atoms with Crippen molar-refractivity contribution in [3.63, 3.8) is 0 Å². The molecule has 94 heavy (non-hydrogen) atoms. The van der Waals surface area contributed by atoms with E-state index in [1.807, 2.05) is 55.4 Å². The molecular weight excluding hydrogens is 1160 g/mol. The van der Waals surface area contributed by atoms with E-state index in [9.17, 15) is 28.8 Å². The van der Waals surface area contributed by atoms with Gasteiger partial charge in [0.05, 0.1) is 0 Å². The van der Waals surface area contributed by atoms with Crippen LogP contribution in [0, 0.1) is 74.4 Å². The van der Waals surface area contributed by atoms with Gasteiger partial charge in [-0.05, 0) is 201 Å². The van der Waals surface area contributed by atoms with Crippen LogP contribution in [0.5, 0.6) is 0 Å². The van der Waals surface area contributed by atoms with Crippen molar-refractivity contribution in [3.05, 3.63) is 48.6 Å². The number of carbonyl (C=O) groups is 6. The van der Waals surface area contributed by atoms with Crippen molar-refractivity contribution in [3.8, 4) is 23.7 Å². The minimum absolute atomic E-state index is 0.0632. The molecule has 0 heterocycles.